The van der Waals surface area contributed by atoms with Gasteiger partial charge in [0.15, 0.2) is 0 Å². The molecule has 0 radical (unpaired) electrons. The number of nitrogens with zero attached hydrogens (tertiary/aromatic N) is 1. The Balaban J connectivity index is 2.32. The van der Waals surface area contributed by atoms with E-state index in [4.69, 9.17) is 5.26 Å². The molecule has 0 saturated heterocycles. The molecule has 2 heteroatoms. The minimum absolute atomic E-state index is 0.228. The standard InChI is InChI=1S/C15H16N2/c1-2-13(10-11-16)17-15-9-5-7-12-6-3-4-8-14(12)15/h3-9,13,17H,2,10H2,1H3. The van der Waals surface area contributed by atoms with E-state index in [1.165, 1.54) is 10.8 Å². The number of rotatable bonds is 4. The lowest BCUT2D eigenvalue weighted by Gasteiger charge is -2.16. The largest absolute Gasteiger partial charge is 0.381 e. The lowest BCUT2D eigenvalue weighted by atomic mass is 10.1. The van der Waals surface area contributed by atoms with Crippen molar-refractivity contribution in [2.24, 2.45) is 0 Å². The molecule has 2 aromatic carbocycles. The van der Waals surface area contributed by atoms with E-state index in [0.29, 0.717) is 6.42 Å². The van der Waals surface area contributed by atoms with Crippen molar-refractivity contribution in [2.75, 3.05) is 5.32 Å². The highest BCUT2D eigenvalue weighted by atomic mass is 14.9. The highest BCUT2D eigenvalue weighted by Gasteiger charge is 2.07. The maximum absolute atomic E-state index is 8.77. The molecular formula is C15H16N2. The monoisotopic (exact) mass is 224 g/mol. The summed E-state index contributed by atoms with van der Waals surface area (Å²) in [6, 6.07) is 17.0. The average molecular weight is 224 g/mol. The molecule has 1 N–H and O–H groups in total. The zero-order valence-electron chi connectivity index (χ0n) is 9.98. The number of hydrogen-bond donors (Lipinski definition) is 1. The molecule has 0 amide bonds. The predicted molar refractivity (Wildman–Crippen MR) is 71.9 cm³/mol. The molecule has 2 aromatic rings. The summed E-state index contributed by atoms with van der Waals surface area (Å²) in [6.07, 6.45) is 1.50. The first-order valence-corrected chi connectivity index (χ1v) is 5.96. The van der Waals surface area contributed by atoms with Gasteiger partial charge in [-0.15, -0.1) is 0 Å². The van der Waals surface area contributed by atoms with Crippen molar-refractivity contribution in [1.29, 1.82) is 5.26 Å². The molecule has 0 fully saturated rings. The van der Waals surface area contributed by atoms with Gasteiger partial charge in [0.05, 0.1) is 12.5 Å². The van der Waals surface area contributed by atoms with Crippen molar-refractivity contribution in [3.05, 3.63) is 42.5 Å². The molecule has 0 aliphatic rings. The second kappa shape index (κ2) is 5.36. The minimum Gasteiger partial charge on any atom is -0.381 e. The smallest absolute Gasteiger partial charge is 0.0643 e. The Kier molecular flexibility index (Phi) is 3.62. The third kappa shape index (κ3) is 2.57. The number of anilines is 1. The van der Waals surface area contributed by atoms with Gasteiger partial charge < -0.3 is 5.32 Å². The quantitative estimate of drug-likeness (QED) is 0.853. The van der Waals surface area contributed by atoms with Crippen LogP contribution in [0.1, 0.15) is 19.8 Å². The summed E-state index contributed by atoms with van der Waals surface area (Å²) in [5, 5.41) is 14.7. The Labute approximate surface area is 102 Å². The number of nitrogens with one attached hydrogen (secondary N) is 1. The maximum atomic E-state index is 8.77. The zero-order valence-corrected chi connectivity index (χ0v) is 9.98. The zero-order chi connectivity index (χ0) is 12.1. The van der Waals surface area contributed by atoms with Crippen molar-refractivity contribution in [1.82, 2.24) is 0 Å². The molecule has 2 nitrogen and oxygen atoms in total. The van der Waals surface area contributed by atoms with Crippen LogP contribution in [-0.4, -0.2) is 6.04 Å². The number of nitriles is 1. The van der Waals surface area contributed by atoms with E-state index in [-0.39, 0.29) is 6.04 Å². The van der Waals surface area contributed by atoms with Crippen LogP contribution in [0.25, 0.3) is 10.8 Å². The van der Waals surface area contributed by atoms with Crippen molar-refractivity contribution in [3.63, 3.8) is 0 Å². The van der Waals surface area contributed by atoms with Crippen LogP contribution in [0, 0.1) is 11.3 Å². The van der Waals surface area contributed by atoms with Crippen molar-refractivity contribution >= 4 is 16.5 Å². The third-order valence-corrected chi connectivity index (χ3v) is 2.98. The van der Waals surface area contributed by atoms with E-state index >= 15 is 0 Å². The topological polar surface area (TPSA) is 35.8 Å². The Bertz CT molecular complexity index is 535. The molecule has 0 aliphatic heterocycles. The van der Waals surface area contributed by atoms with Crippen LogP contribution in [0.4, 0.5) is 5.69 Å². The van der Waals surface area contributed by atoms with E-state index in [1.807, 2.05) is 18.2 Å². The Morgan fingerprint density at radius 2 is 1.94 bits per heavy atom. The van der Waals surface area contributed by atoms with Crippen LogP contribution in [0.2, 0.25) is 0 Å². The molecule has 2 rings (SSSR count). The third-order valence-electron chi connectivity index (χ3n) is 2.98. The molecule has 1 atom stereocenters. The first kappa shape index (κ1) is 11.5. The van der Waals surface area contributed by atoms with Gasteiger partial charge in [-0.3, -0.25) is 0 Å². The van der Waals surface area contributed by atoms with Gasteiger partial charge in [-0.1, -0.05) is 43.3 Å². The first-order chi connectivity index (χ1) is 8.35. The molecule has 0 heterocycles. The maximum Gasteiger partial charge on any atom is 0.0643 e. The summed E-state index contributed by atoms with van der Waals surface area (Å²) < 4.78 is 0. The van der Waals surface area contributed by atoms with Crippen molar-refractivity contribution < 1.29 is 0 Å². The van der Waals surface area contributed by atoms with Crippen LogP contribution < -0.4 is 5.32 Å². The molecule has 0 spiro atoms. The molecule has 0 aromatic heterocycles. The normalized spacial score (nSPS) is 12.0. The fraction of sp³-hybridized carbons (Fsp3) is 0.267. The van der Waals surface area contributed by atoms with Crippen molar-refractivity contribution in [2.45, 2.75) is 25.8 Å². The lowest BCUT2D eigenvalue weighted by molar-refractivity contribution is 0.712. The van der Waals surface area contributed by atoms with Gasteiger partial charge in [0.25, 0.3) is 0 Å². The van der Waals surface area contributed by atoms with Gasteiger partial charge in [-0.2, -0.15) is 5.26 Å². The average Bonchev–Trinajstić information content (AvgIpc) is 2.38. The molecule has 0 saturated carbocycles. The molecular weight excluding hydrogens is 208 g/mol. The molecule has 86 valence electrons. The van der Waals surface area contributed by atoms with Crippen molar-refractivity contribution in [3.8, 4) is 6.07 Å². The highest BCUT2D eigenvalue weighted by molar-refractivity contribution is 5.93. The second-order valence-electron chi connectivity index (χ2n) is 4.14. The highest BCUT2D eigenvalue weighted by Crippen LogP contribution is 2.24. The Morgan fingerprint density at radius 3 is 2.71 bits per heavy atom. The summed E-state index contributed by atoms with van der Waals surface area (Å²) in [6.45, 7) is 2.10. The van der Waals surface area contributed by atoms with Crippen LogP contribution in [0.5, 0.6) is 0 Å². The van der Waals surface area contributed by atoms with Gasteiger partial charge in [0.1, 0.15) is 0 Å². The molecule has 0 bridgehead atoms. The van der Waals surface area contributed by atoms with Crippen LogP contribution in [-0.2, 0) is 0 Å². The van der Waals surface area contributed by atoms with E-state index in [9.17, 15) is 0 Å². The van der Waals surface area contributed by atoms with E-state index in [2.05, 4.69) is 42.6 Å². The summed E-state index contributed by atoms with van der Waals surface area (Å²) in [7, 11) is 0. The van der Waals surface area contributed by atoms with E-state index in [1.54, 1.807) is 0 Å². The Morgan fingerprint density at radius 1 is 1.18 bits per heavy atom. The SMILES string of the molecule is CCC(CC#N)Nc1cccc2ccccc12. The molecule has 0 aliphatic carbocycles. The number of hydrogen-bond acceptors (Lipinski definition) is 2. The minimum atomic E-state index is 0.228. The van der Waals surface area contributed by atoms with Gasteiger partial charge in [0, 0.05) is 17.1 Å². The van der Waals surface area contributed by atoms with Gasteiger partial charge in [-0.05, 0) is 17.9 Å². The predicted octanol–water partition coefficient (Wildman–Crippen LogP) is 3.94. The summed E-state index contributed by atoms with van der Waals surface area (Å²) in [4.78, 5) is 0. The summed E-state index contributed by atoms with van der Waals surface area (Å²) in [5.41, 5.74) is 1.12. The fourth-order valence-electron chi connectivity index (χ4n) is 1.98. The van der Waals surface area contributed by atoms with E-state index in [0.717, 1.165) is 12.1 Å². The molecule has 1 unspecified atom stereocenters. The van der Waals surface area contributed by atoms with Crippen LogP contribution in [0.3, 0.4) is 0 Å². The summed E-state index contributed by atoms with van der Waals surface area (Å²) in [5.74, 6) is 0. The number of benzene rings is 2. The lowest BCUT2D eigenvalue weighted by Crippen LogP contribution is -2.17. The van der Waals surface area contributed by atoms with Gasteiger partial charge in [-0.25, -0.2) is 0 Å². The second-order valence-corrected chi connectivity index (χ2v) is 4.14. The Hall–Kier alpha value is -2.01. The molecule has 17 heavy (non-hydrogen) atoms. The number of fused-ring (bicyclic) bond motifs is 1. The van der Waals surface area contributed by atoms with Crippen LogP contribution in [0.15, 0.2) is 42.5 Å². The van der Waals surface area contributed by atoms with Gasteiger partial charge in [0.2, 0.25) is 0 Å². The summed E-state index contributed by atoms with van der Waals surface area (Å²) >= 11 is 0. The van der Waals surface area contributed by atoms with Gasteiger partial charge >= 0.3 is 0 Å². The first-order valence-electron chi connectivity index (χ1n) is 5.96. The van der Waals surface area contributed by atoms with Crippen LogP contribution >= 0.6 is 0 Å². The van der Waals surface area contributed by atoms with E-state index < -0.39 is 0 Å². The fourth-order valence-corrected chi connectivity index (χ4v) is 1.98.